The zero-order chi connectivity index (χ0) is 22.1. The van der Waals surface area contributed by atoms with Crippen molar-refractivity contribution < 1.29 is 0 Å². The Balaban J connectivity index is 0.00000112. The van der Waals surface area contributed by atoms with Gasteiger partial charge in [-0.05, 0) is 51.1 Å². The molecular weight excluding hydrogens is 386 g/mol. The largest absolute Gasteiger partial charge is 0.383 e. The summed E-state index contributed by atoms with van der Waals surface area (Å²) in [6.07, 6.45) is 5.43. The molecule has 0 bridgehead atoms. The Morgan fingerprint density at radius 2 is 1.81 bits per heavy atom. The first-order valence-electron chi connectivity index (χ1n) is 10.5. The molecule has 31 heavy (non-hydrogen) atoms. The fourth-order valence-corrected chi connectivity index (χ4v) is 4.03. The van der Waals surface area contributed by atoms with Crippen LogP contribution in [-0.2, 0) is 0 Å². The lowest BCUT2D eigenvalue weighted by Gasteiger charge is -2.15. The summed E-state index contributed by atoms with van der Waals surface area (Å²) in [6, 6.07) is 12.5. The van der Waals surface area contributed by atoms with E-state index in [9.17, 15) is 0 Å². The highest BCUT2D eigenvalue weighted by molar-refractivity contribution is 5.88. The van der Waals surface area contributed by atoms with Crippen molar-refractivity contribution in [2.24, 2.45) is 0 Å². The van der Waals surface area contributed by atoms with E-state index in [1.54, 1.807) is 0 Å². The molecule has 5 rings (SSSR count). The zero-order valence-electron chi connectivity index (χ0n) is 18.5. The Bertz CT molecular complexity index is 1360. The summed E-state index contributed by atoms with van der Waals surface area (Å²) in [4.78, 5) is 13.0. The highest BCUT2D eigenvalue weighted by Crippen LogP contribution is 2.35. The van der Waals surface area contributed by atoms with E-state index in [1.807, 2.05) is 56.8 Å². The highest BCUT2D eigenvalue weighted by atomic mass is 15.3. The molecule has 5 aromatic rings. The molecule has 0 aromatic carbocycles. The maximum absolute atomic E-state index is 6.09. The molecule has 5 aromatic heterocycles. The Morgan fingerprint density at radius 3 is 2.58 bits per heavy atom. The van der Waals surface area contributed by atoms with E-state index in [-0.39, 0.29) is 6.04 Å². The highest BCUT2D eigenvalue weighted by Gasteiger charge is 2.23. The van der Waals surface area contributed by atoms with Crippen molar-refractivity contribution in [3.63, 3.8) is 0 Å². The van der Waals surface area contributed by atoms with Crippen molar-refractivity contribution in [3.8, 4) is 11.3 Å². The summed E-state index contributed by atoms with van der Waals surface area (Å²) >= 11 is 0. The molecule has 1 atom stereocenters. The summed E-state index contributed by atoms with van der Waals surface area (Å²) in [7, 11) is 0. The molecule has 0 fully saturated rings. The molecule has 0 saturated heterocycles. The quantitative estimate of drug-likeness (QED) is 0.451. The lowest BCUT2D eigenvalue weighted by molar-refractivity contribution is 0.576. The fourth-order valence-electron chi connectivity index (χ4n) is 4.03. The van der Waals surface area contributed by atoms with Gasteiger partial charge in [0, 0.05) is 34.7 Å². The molecule has 7 heteroatoms. The van der Waals surface area contributed by atoms with Crippen LogP contribution < -0.4 is 5.73 Å². The van der Waals surface area contributed by atoms with Crippen molar-refractivity contribution in [3.05, 3.63) is 72.1 Å². The number of pyridine rings is 2. The van der Waals surface area contributed by atoms with Gasteiger partial charge in [-0.25, -0.2) is 14.6 Å². The Morgan fingerprint density at radius 1 is 1.00 bits per heavy atom. The minimum absolute atomic E-state index is 0.0520. The molecule has 5 heterocycles. The molecule has 0 saturated carbocycles. The molecular formula is C24H27N7. The van der Waals surface area contributed by atoms with Crippen molar-refractivity contribution >= 4 is 22.4 Å². The zero-order valence-corrected chi connectivity index (χ0v) is 18.5. The maximum atomic E-state index is 6.09. The molecule has 158 valence electrons. The van der Waals surface area contributed by atoms with Gasteiger partial charge < -0.3 is 10.1 Å². The van der Waals surface area contributed by atoms with Crippen LogP contribution in [0.4, 0.5) is 5.82 Å². The Labute approximate surface area is 181 Å². The van der Waals surface area contributed by atoms with Crippen molar-refractivity contribution in [1.82, 2.24) is 29.1 Å². The number of aromatic nitrogens is 6. The van der Waals surface area contributed by atoms with Gasteiger partial charge in [-0.15, -0.1) is 0 Å². The standard InChI is InChI=1S/C22H21N7.C2H6/c1-13-10-16(7-8-24-13)20-18(11-17-6-4-5-9-28(17)20)15(3)29-22-19(14(2)27-29)21(23)25-12-26-22;1-2/h4-12,15H,1-3H3,(H2,23,25,26);1-2H3. The second-order valence-electron chi connectivity index (χ2n) is 7.29. The van der Waals surface area contributed by atoms with Gasteiger partial charge >= 0.3 is 0 Å². The number of nitrogens with two attached hydrogens (primary N) is 1. The number of nitrogen functional groups attached to an aromatic ring is 1. The summed E-state index contributed by atoms with van der Waals surface area (Å²) in [6.45, 7) is 10.1. The van der Waals surface area contributed by atoms with Gasteiger partial charge in [-0.3, -0.25) is 4.98 Å². The fraction of sp³-hybridized carbons (Fsp3) is 0.250. The smallest absolute Gasteiger partial charge is 0.164 e. The van der Waals surface area contributed by atoms with Gasteiger partial charge in [0.05, 0.1) is 22.8 Å². The van der Waals surface area contributed by atoms with Gasteiger partial charge in [0.1, 0.15) is 12.1 Å². The van der Waals surface area contributed by atoms with E-state index >= 15 is 0 Å². The molecule has 0 aliphatic carbocycles. The molecule has 0 radical (unpaired) electrons. The molecule has 0 aliphatic rings. The van der Waals surface area contributed by atoms with Crippen LogP contribution >= 0.6 is 0 Å². The lowest BCUT2D eigenvalue weighted by atomic mass is 10.0. The van der Waals surface area contributed by atoms with Gasteiger partial charge in [-0.1, -0.05) is 19.9 Å². The minimum Gasteiger partial charge on any atom is -0.383 e. The predicted molar refractivity (Wildman–Crippen MR) is 125 cm³/mol. The van der Waals surface area contributed by atoms with E-state index in [0.717, 1.165) is 44.8 Å². The Kier molecular flexibility index (Phi) is 5.42. The van der Waals surface area contributed by atoms with Crippen molar-refractivity contribution in [2.75, 3.05) is 5.73 Å². The SMILES string of the molecule is CC.Cc1cc(-c2c(C(C)n3nc(C)c4c(N)ncnc43)cc3ccccn23)ccn1. The summed E-state index contributed by atoms with van der Waals surface area (Å²) < 4.78 is 4.15. The normalized spacial score (nSPS) is 12.0. The summed E-state index contributed by atoms with van der Waals surface area (Å²) in [5, 5.41) is 5.57. The lowest BCUT2D eigenvalue weighted by Crippen LogP contribution is -2.10. The number of hydrogen-bond donors (Lipinski definition) is 1. The Hall–Kier alpha value is -3.74. The van der Waals surface area contributed by atoms with Gasteiger partial charge in [-0.2, -0.15) is 5.10 Å². The predicted octanol–water partition coefficient (Wildman–Crippen LogP) is 4.98. The molecule has 0 spiro atoms. The average Bonchev–Trinajstić information content (AvgIpc) is 3.34. The van der Waals surface area contributed by atoms with Crippen molar-refractivity contribution in [2.45, 2.75) is 40.7 Å². The minimum atomic E-state index is -0.0520. The van der Waals surface area contributed by atoms with Crippen LogP contribution in [0.1, 0.15) is 43.8 Å². The van der Waals surface area contributed by atoms with E-state index < -0.39 is 0 Å². The van der Waals surface area contributed by atoms with Crippen LogP contribution in [0.2, 0.25) is 0 Å². The number of aryl methyl sites for hydroxylation is 2. The van der Waals surface area contributed by atoms with E-state index in [1.165, 1.54) is 6.33 Å². The first-order valence-corrected chi connectivity index (χ1v) is 10.5. The number of nitrogens with zero attached hydrogens (tertiary/aromatic N) is 6. The van der Waals surface area contributed by atoms with Crippen LogP contribution in [-0.4, -0.2) is 29.1 Å². The summed E-state index contributed by atoms with van der Waals surface area (Å²) in [5.41, 5.74) is 13.2. The number of fused-ring (bicyclic) bond motifs is 2. The van der Waals surface area contributed by atoms with E-state index in [2.05, 4.69) is 50.7 Å². The summed E-state index contributed by atoms with van der Waals surface area (Å²) in [5.74, 6) is 0.456. The van der Waals surface area contributed by atoms with Gasteiger partial charge in [0.2, 0.25) is 0 Å². The van der Waals surface area contributed by atoms with Crippen LogP contribution in [0.5, 0.6) is 0 Å². The van der Waals surface area contributed by atoms with E-state index in [0.29, 0.717) is 5.82 Å². The third-order valence-corrected chi connectivity index (χ3v) is 5.39. The van der Waals surface area contributed by atoms with E-state index in [4.69, 9.17) is 10.8 Å². The van der Waals surface area contributed by atoms with Crippen LogP contribution in [0.3, 0.4) is 0 Å². The molecule has 0 aliphatic heterocycles. The first-order chi connectivity index (χ1) is 15.0. The number of anilines is 1. The maximum Gasteiger partial charge on any atom is 0.164 e. The molecule has 0 amide bonds. The number of hydrogen-bond acceptors (Lipinski definition) is 5. The van der Waals surface area contributed by atoms with Crippen molar-refractivity contribution in [1.29, 1.82) is 0 Å². The van der Waals surface area contributed by atoms with Gasteiger partial charge in [0.15, 0.2) is 5.65 Å². The number of rotatable bonds is 3. The second kappa shape index (κ2) is 8.18. The second-order valence-corrected chi connectivity index (χ2v) is 7.29. The molecule has 7 nitrogen and oxygen atoms in total. The first kappa shape index (κ1) is 20.5. The topological polar surface area (TPSA) is 86.9 Å². The average molecular weight is 414 g/mol. The monoisotopic (exact) mass is 413 g/mol. The molecule has 1 unspecified atom stereocenters. The molecule has 2 N–H and O–H groups in total. The van der Waals surface area contributed by atoms with Gasteiger partial charge in [0.25, 0.3) is 0 Å². The third-order valence-electron chi connectivity index (χ3n) is 5.39. The van der Waals surface area contributed by atoms with Crippen LogP contribution in [0.15, 0.2) is 55.1 Å². The third kappa shape index (κ3) is 3.42. The van der Waals surface area contributed by atoms with Crippen LogP contribution in [0.25, 0.3) is 27.8 Å². The van der Waals surface area contributed by atoms with Crippen LogP contribution in [0, 0.1) is 13.8 Å².